The Morgan fingerprint density at radius 1 is 1.25 bits per heavy atom. The van der Waals surface area contributed by atoms with E-state index in [1.807, 2.05) is 12.1 Å². The van der Waals surface area contributed by atoms with Gasteiger partial charge in [0, 0.05) is 12.0 Å². The molecule has 2 N–H and O–H groups in total. The van der Waals surface area contributed by atoms with Gasteiger partial charge < -0.3 is 10.5 Å². The van der Waals surface area contributed by atoms with Gasteiger partial charge in [0.1, 0.15) is 5.75 Å². The maximum atomic E-state index is 6.22. The first-order valence-electron chi connectivity index (χ1n) is 6.00. The number of hydrogen-bond acceptors (Lipinski definition) is 2. The van der Waals surface area contributed by atoms with E-state index in [4.69, 9.17) is 10.5 Å². The molecule has 0 bridgehead atoms. The van der Waals surface area contributed by atoms with E-state index >= 15 is 0 Å². The van der Waals surface area contributed by atoms with Crippen molar-refractivity contribution in [2.24, 2.45) is 11.7 Å². The highest BCUT2D eigenvalue weighted by molar-refractivity contribution is 5.37. The highest BCUT2D eigenvalue weighted by Gasteiger charge is 2.24. The van der Waals surface area contributed by atoms with E-state index in [0.29, 0.717) is 11.8 Å². The lowest BCUT2D eigenvalue weighted by molar-refractivity contribution is 0.369. The molecule has 90 valence electrons. The summed E-state index contributed by atoms with van der Waals surface area (Å²) < 4.78 is 5.42. The van der Waals surface area contributed by atoms with Crippen LogP contribution in [-0.4, -0.2) is 13.2 Å². The van der Waals surface area contributed by atoms with Crippen molar-refractivity contribution in [2.75, 3.05) is 7.11 Å². The molecule has 2 heteroatoms. The van der Waals surface area contributed by atoms with E-state index in [9.17, 15) is 0 Å². The molecule has 2 unspecified atom stereocenters. The van der Waals surface area contributed by atoms with Gasteiger partial charge in [-0.25, -0.2) is 0 Å². The Balaban J connectivity index is 3.10. The number of para-hydroxylation sites is 1. The molecule has 0 saturated heterocycles. The quantitative estimate of drug-likeness (QED) is 0.829. The molecule has 0 aromatic heterocycles. The van der Waals surface area contributed by atoms with Gasteiger partial charge in [-0.3, -0.25) is 0 Å². The van der Waals surface area contributed by atoms with Crippen LogP contribution >= 0.6 is 0 Å². The molecule has 1 aromatic carbocycles. The minimum atomic E-state index is 0.191. The molecule has 0 radical (unpaired) electrons. The van der Waals surface area contributed by atoms with Crippen molar-refractivity contribution in [1.29, 1.82) is 0 Å². The maximum Gasteiger partial charge on any atom is 0.122 e. The standard InChI is InChI=1S/C14H23NO/c1-5-12(15)14(10(2)3)11-8-6-7-9-13(11)16-4/h6-10,12,14H,5,15H2,1-4H3. The third-order valence-corrected chi connectivity index (χ3v) is 3.15. The predicted octanol–water partition coefficient (Wildman–Crippen LogP) is 3.17. The van der Waals surface area contributed by atoms with E-state index in [-0.39, 0.29) is 6.04 Å². The molecule has 0 spiro atoms. The Hall–Kier alpha value is -1.02. The molecule has 2 atom stereocenters. The summed E-state index contributed by atoms with van der Waals surface area (Å²) in [6, 6.07) is 8.37. The summed E-state index contributed by atoms with van der Waals surface area (Å²) in [4.78, 5) is 0. The lowest BCUT2D eigenvalue weighted by atomic mass is 9.81. The van der Waals surface area contributed by atoms with Gasteiger partial charge in [-0.05, 0) is 24.0 Å². The van der Waals surface area contributed by atoms with Gasteiger partial charge in [-0.1, -0.05) is 39.0 Å². The highest BCUT2D eigenvalue weighted by atomic mass is 16.5. The van der Waals surface area contributed by atoms with Crippen LogP contribution in [0.3, 0.4) is 0 Å². The van der Waals surface area contributed by atoms with Gasteiger partial charge in [0.15, 0.2) is 0 Å². The SMILES string of the molecule is CCC(N)C(c1ccccc1OC)C(C)C. The summed E-state index contributed by atoms with van der Waals surface area (Å²) in [7, 11) is 1.72. The fraction of sp³-hybridized carbons (Fsp3) is 0.571. The lowest BCUT2D eigenvalue weighted by Gasteiger charge is -2.28. The van der Waals surface area contributed by atoms with Gasteiger partial charge >= 0.3 is 0 Å². The van der Waals surface area contributed by atoms with Crippen LogP contribution in [0.15, 0.2) is 24.3 Å². The first-order valence-corrected chi connectivity index (χ1v) is 6.00. The van der Waals surface area contributed by atoms with E-state index in [1.54, 1.807) is 7.11 Å². The van der Waals surface area contributed by atoms with Crippen molar-refractivity contribution in [3.05, 3.63) is 29.8 Å². The van der Waals surface area contributed by atoms with Crippen LogP contribution in [0.1, 0.15) is 38.7 Å². The number of nitrogens with two attached hydrogens (primary N) is 1. The second kappa shape index (κ2) is 5.90. The monoisotopic (exact) mass is 221 g/mol. The first-order chi connectivity index (χ1) is 7.61. The molecule has 0 amide bonds. The predicted molar refractivity (Wildman–Crippen MR) is 68.8 cm³/mol. The number of rotatable bonds is 5. The smallest absolute Gasteiger partial charge is 0.122 e. The number of hydrogen-bond donors (Lipinski definition) is 1. The molecule has 0 aliphatic rings. The minimum absolute atomic E-state index is 0.191. The van der Waals surface area contributed by atoms with Crippen molar-refractivity contribution in [3.63, 3.8) is 0 Å². The van der Waals surface area contributed by atoms with Crippen molar-refractivity contribution in [3.8, 4) is 5.75 Å². The van der Waals surface area contributed by atoms with Crippen LogP contribution in [0.4, 0.5) is 0 Å². The van der Waals surface area contributed by atoms with E-state index in [2.05, 4.69) is 32.9 Å². The van der Waals surface area contributed by atoms with Crippen molar-refractivity contribution >= 4 is 0 Å². The Bertz CT molecular complexity index is 322. The van der Waals surface area contributed by atoms with Crippen LogP contribution in [0.25, 0.3) is 0 Å². The average molecular weight is 221 g/mol. The topological polar surface area (TPSA) is 35.2 Å². The van der Waals surface area contributed by atoms with E-state index in [1.165, 1.54) is 5.56 Å². The van der Waals surface area contributed by atoms with Gasteiger partial charge in [-0.2, -0.15) is 0 Å². The molecule has 16 heavy (non-hydrogen) atoms. The van der Waals surface area contributed by atoms with Crippen molar-refractivity contribution < 1.29 is 4.74 Å². The third-order valence-electron chi connectivity index (χ3n) is 3.15. The number of ether oxygens (including phenoxy) is 1. The molecule has 0 heterocycles. The zero-order valence-corrected chi connectivity index (χ0v) is 10.7. The molecular formula is C14H23NO. The highest BCUT2D eigenvalue weighted by Crippen LogP contribution is 2.34. The average Bonchev–Trinajstić information content (AvgIpc) is 2.29. The van der Waals surface area contributed by atoms with Gasteiger partial charge in [0.05, 0.1) is 7.11 Å². The molecule has 0 aliphatic carbocycles. The molecule has 0 fully saturated rings. The normalized spacial score (nSPS) is 14.9. The number of benzene rings is 1. The van der Waals surface area contributed by atoms with Crippen LogP contribution in [0, 0.1) is 5.92 Å². The van der Waals surface area contributed by atoms with Gasteiger partial charge in [0.25, 0.3) is 0 Å². The molecule has 0 saturated carbocycles. The number of methoxy groups -OCH3 is 1. The van der Waals surface area contributed by atoms with Gasteiger partial charge in [-0.15, -0.1) is 0 Å². The lowest BCUT2D eigenvalue weighted by Crippen LogP contribution is -2.31. The second-order valence-corrected chi connectivity index (χ2v) is 4.58. The Morgan fingerprint density at radius 2 is 1.88 bits per heavy atom. The Labute approximate surface area is 98.8 Å². The molecule has 0 aliphatic heterocycles. The summed E-state index contributed by atoms with van der Waals surface area (Å²) in [5.41, 5.74) is 7.45. The maximum absolute atomic E-state index is 6.22. The molecule has 2 nitrogen and oxygen atoms in total. The summed E-state index contributed by atoms with van der Waals surface area (Å²) in [6.45, 7) is 6.56. The van der Waals surface area contributed by atoms with E-state index < -0.39 is 0 Å². The van der Waals surface area contributed by atoms with Crippen LogP contribution in [0.2, 0.25) is 0 Å². The zero-order valence-electron chi connectivity index (χ0n) is 10.7. The Kier molecular flexibility index (Phi) is 4.81. The van der Waals surface area contributed by atoms with Gasteiger partial charge in [0.2, 0.25) is 0 Å². The minimum Gasteiger partial charge on any atom is -0.496 e. The molecule has 1 rings (SSSR count). The van der Waals surface area contributed by atoms with Crippen molar-refractivity contribution in [1.82, 2.24) is 0 Å². The summed E-state index contributed by atoms with van der Waals surface area (Å²) in [5.74, 6) is 1.83. The third kappa shape index (κ3) is 2.76. The van der Waals surface area contributed by atoms with Crippen LogP contribution < -0.4 is 10.5 Å². The van der Waals surface area contributed by atoms with E-state index in [0.717, 1.165) is 12.2 Å². The Morgan fingerprint density at radius 3 is 2.38 bits per heavy atom. The second-order valence-electron chi connectivity index (χ2n) is 4.58. The zero-order chi connectivity index (χ0) is 12.1. The molecule has 1 aromatic rings. The van der Waals surface area contributed by atoms with Crippen LogP contribution in [-0.2, 0) is 0 Å². The summed E-state index contributed by atoms with van der Waals surface area (Å²) in [5, 5.41) is 0. The fourth-order valence-corrected chi connectivity index (χ4v) is 2.28. The molecular weight excluding hydrogens is 198 g/mol. The largest absolute Gasteiger partial charge is 0.496 e. The fourth-order valence-electron chi connectivity index (χ4n) is 2.28. The van der Waals surface area contributed by atoms with Crippen LogP contribution in [0.5, 0.6) is 5.75 Å². The first kappa shape index (κ1) is 13.0. The summed E-state index contributed by atoms with van der Waals surface area (Å²) >= 11 is 0. The summed E-state index contributed by atoms with van der Waals surface area (Å²) in [6.07, 6.45) is 0.987. The van der Waals surface area contributed by atoms with Crippen molar-refractivity contribution in [2.45, 2.75) is 39.2 Å².